The molecule has 0 aliphatic rings. The first kappa shape index (κ1) is 10.2. The van der Waals surface area contributed by atoms with Crippen LogP contribution in [0.15, 0.2) is 27.4 Å². The number of aryl methyl sites for hydroxylation is 1. The molecule has 0 fully saturated rings. The summed E-state index contributed by atoms with van der Waals surface area (Å²) < 4.78 is 3.07. The molecule has 0 unspecified atom stereocenters. The van der Waals surface area contributed by atoms with Gasteiger partial charge >= 0.3 is 0 Å². The molecule has 2 aromatic rings. The molecule has 2 heterocycles. The summed E-state index contributed by atoms with van der Waals surface area (Å²) in [5.74, 6) is 0.947. The Kier molecular flexibility index (Phi) is 3.25. The van der Waals surface area contributed by atoms with Crippen molar-refractivity contribution in [3.8, 4) is 0 Å². The van der Waals surface area contributed by atoms with E-state index in [1.165, 1.54) is 4.88 Å². The van der Waals surface area contributed by atoms with Crippen molar-refractivity contribution in [3.63, 3.8) is 0 Å². The number of aromatic nitrogens is 3. The first-order chi connectivity index (χ1) is 6.75. The third kappa shape index (κ3) is 2.37. The first-order valence-corrected chi connectivity index (χ1v) is 6.61. The Balaban J connectivity index is 1.98. The molecule has 2 aromatic heterocycles. The van der Waals surface area contributed by atoms with Crippen LogP contribution in [0.25, 0.3) is 0 Å². The molecule has 0 amide bonds. The molecule has 2 rings (SSSR count). The highest BCUT2D eigenvalue weighted by Gasteiger charge is 2.03. The smallest absolute Gasteiger partial charge is 0.191 e. The predicted molar refractivity (Wildman–Crippen MR) is 62.6 cm³/mol. The average molecular weight is 290 g/mol. The van der Waals surface area contributed by atoms with Gasteiger partial charge in [-0.1, -0.05) is 11.8 Å². The minimum Gasteiger partial charge on any atom is -0.312 e. The Hall–Kier alpha value is -0.330. The van der Waals surface area contributed by atoms with Crippen LogP contribution in [-0.4, -0.2) is 14.8 Å². The van der Waals surface area contributed by atoms with Crippen molar-refractivity contribution in [1.82, 2.24) is 14.8 Å². The summed E-state index contributed by atoms with van der Waals surface area (Å²) in [5.41, 5.74) is 0. The van der Waals surface area contributed by atoms with Crippen molar-refractivity contribution in [2.45, 2.75) is 10.9 Å². The molecule has 0 radical (unpaired) electrons. The van der Waals surface area contributed by atoms with Crippen molar-refractivity contribution in [2.75, 3.05) is 0 Å². The number of hydrogen-bond acceptors (Lipinski definition) is 4. The number of hydrogen-bond donors (Lipinski definition) is 0. The van der Waals surface area contributed by atoms with Crippen LogP contribution in [0.1, 0.15) is 4.88 Å². The summed E-state index contributed by atoms with van der Waals surface area (Å²) in [6.07, 6.45) is 1.71. The SMILES string of the molecule is Cn1cnnc1SCc1cc(Br)cs1. The van der Waals surface area contributed by atoms with Gasteiger partial charge < -0.3 is 4.57 Å². The largest absolute Gasteiger partial charge is 0.312 e. The summed E-state index contributed by atoms with van der Waals surface area (Å²) >= 11 is 6.88. The fourth-order valence-electron chi connectivity index (χ4n) is 0.968. The average Bonchev–Trinajstić information content (AvgIpc) is 2.72. The fourth-order valence-corrected chi connectivity index (χ4v) is 3.36. The van der Waals surface area contributed by atoms with Gasteiger partial charge in [-0.05, 0) is 22.0 Å². The molecular formula is C8H8BrN3S2. The van der Waals surface area contributed by atoms with E-state index in [-0.39, 0.29) is 0 Å². The molecule has 3 nitrogen and oxygen atoms in total. The van der Waals surface area contributed by atoms with Crippen LogP contribution < -0.4 is 0 Å². The second-order valence-electron chi connectivity index (χ2n) is 2.74. The normalized spacial score (nSPS) is 10.7. The van der Waals surface area contributed by atoms with Crippen LogP contribution in [0.4, 0.5) is 0 Å². The van der Waals surface area contributed by atoms with E-state index >= 15 is 0 Å². The summed E-state index contributed by atoms with van der Waals surface area (Å²) in [4.78, 5) is 1.34. The van der Waals surface area contributed by atoms with E-state index in [1.807, 2.05) is 11.6 Å². The highest BCUT2D eigenvalue weighted by atomic mass is 79.9. The second kappa shape index (κ2) is 4.46. The van der Waals surface area contributed by atoms with Crippen LogP contribution in [-0.2, 0) is 12.8 Å². The molecule has 0 saturated carbocycles. The number of nitrogens with zero attached hydrogens (tertiary/aromatic N) is 3. The molecule has 0 spiro atoms. The van der Waals surface area contributed by atoms with E-state index in [4.69, 9.17) is 0 Å². The van der Waals surface area contributed by atoms with E-state index in [9.17, 15) is 0 Å². The summed E-state index contributed by atoms with van der Waals surface area (Å²) in [7, 11) is 1.95. The lowest BCUT2D eigenvalue weighted by Crippen LogP contribution is -1.88. The molecule has 0 aromatic carbocycles. The molecule has 0 atom stereocenters. The predicted octanol–water partition coefficient (Wildman–Crippen LogP) is 2.93. The number of halogens is 1. The number of rotatable bonds is 3. The summed E-state index contributed by atoms with van der Waals surface area (Å²) in [6.45, 7) is 0. The molecule has 0 aliphatic carbocycles. The van der Waals surface area contributed by atoms with Gasteiger partial charge in [0.1, 0.15) is 6.33 Å². The Morgan fingerprint density at radius 1 is 1.64 bits per heavy atom. The van der Waals surface area contributed by atoms with E-state index in [0.717, 1.165) is 15.4 Å². The minimum atomic E-state index is 0.947. The zero-order valence-corrected chi connectivity index (χ0v) is 10.7. The van der Waals surface area contributed by atoms with Gasteiger partial charge in [-0.2, -0.15) is 0 Å². The number of thioether (sulfide) groups is 1. The highest BCUT2D eigenvalue weighted by Crippen LogP contribution is 2.26. The molecule has 74 valence electrons. The van der Waals surface area contributed by atoms with Gasteiger partial charge in [-0.25, -0.2) is 0 Å². The lowest BCUT2D eigenvalue weighted by atomic mass is 10.5. The van der Waals surface area contributed by atoms with Gasteiger partial charge in [-0.3, -0.25) is 0 Å². The molecule has 0 bridgehead atoms. The van der Waals surface area contributed by atoms with Crippen molar-refractivity contribution >= 4 is 39.0 Å². The van der Waals surface area contributed by atoms with Gasteiger partial charge in [0, 0.05) is 27.5 Å². The Morgan fingerprint density at radius 3 is 3.07 bits per heavy atom. The lowest BCUT2D eigenvalue weighted by Gasteiger charge is -1.97. The van der Waals surface area contributed by atoms with E-state index in [2.05, 4.69) is 37.6 Å². The van der Waals surface area contributed by atoms with Crippen LogP contribution in [0.3, 0.4) is 0 Å². The van der Waals surface area contributed by atoms with Crippen molar-refractivity contribution in [2.24, 2.45) is 7.05 Å². The molecule has 6 heteroatoms. The summed E-state index contributed by atoms with van der Waals surface area (Å²) in [5, 5.41) is 10.9. The lowest BCUT2D eigenvalue weighted by molar-refractivity contribution is 0.788. The molecular weight excluding hydrogens is 282 g/mol. The standard InChI is InChI=1S/C8H8BrN3S2/c1-12-5-10-11-8(12)14-4-7-2-6(9)3-13-7/h2-3,5H,4H2,1H3. The maximum Gasteiger partial charge on any atom is 0.191 e. The van der Waals surface area contributed by atoms with E-state index in [0.29, 0.717) is 0 Å². The fraction of sp³-hybridized carbons (Fsp3) is 0.250. The van der Waals surface area contributed by atoms with Gasteiger partial charge in [0.25, 0.3) is 0 Å². The molecule has 14 heavy (non-hydrogen) atoms. The van der Waals surface area contributed by atoms with Crippen molar-refractivity contribution < 1.29 is 0 Å². The first-order valence-electron chi connectivity index (χ1n) is 3.95. The third-order valence-electron chi connectivity index (χ3n) is 1.64. The zero-order chi connectivity index (χ0) is 9.97. The van der Waals surface area contributed by atoms with Gasteiger partial charge in [-0.15, -0.1) is 21.5 Å². The maximum absolute atomic E-state index is 4.01. The molecule has 0 N–H and O–H groups in total. The quantitative estimate of drug-likeness (QED) is 0.814. The van der Waals surface area contributed by atoms with Gasteiger partial charge in [0.05, 0.1) is 0 Å². The zero-order valence-electron chi connectivity index (χ0n) is 7.48. The van der Waals surface area contributed by atoms with Crippen LogP contribution in [0.5, 0.6) is 0 Å². The van der Waals surface area contributed by atoms with Crippen molar-refractivity contribution in [1.29, 1.82) is 0 Å². The molecule has 0 saturated heterocycles. The Morgan fingerprint density at radius 2 is 2.50 bits per heavy atom. The minimum absolute atomic E-state index is 0.947. The highest BCUT2D eigenvalue weighted by molar-refractivity contribution is 9.10. The monoisotopic (exact) mass is 289 g/mol. The third-order valence-corrected chi connectivity index (χ3v) is 4.60. The second-order valence-corrected chi connectivity index (χ2v) is 5.60. The maximum atomic E-state index is 4.01. The summed E-state index contributed by atoms with van der Waals surface area (Å²) in [6, 6.07) is 2.13. The van der Waals surface area contributed by atoms with E-state index in [1.54, 1.807) is 29.4 Å². The van der Waals surface area contributed by atoms with Crippen LogP contribution in [0.2, 0.25) is 0 Å². The molecule has 0 aliphatic heterocycles. The van der Waals surface area contributed by atoms with Gasteiger partial charge in [0.15, 0.2) is 5.16 Å². The Bertz CT molecular complexity index is 424. The van der Waals surface area contributed by atoms with E-state index < -0.39 is 0 Å². The van der Waals surface area contributed by atoms with Gasteiger partial charge in [0.2, 0.25) is 0 Å². The van der Waals surface area contributed by atoms with Crippen molar-refractivity contribution in [3.05, 3.63) is 27.1 Å². The topological polar surface area (TPSA) is 30.7 Å². The van der Waals surface area contributed by atoms with Crippen LogP contribution in [0, 0.1) is 0 Å². The number of thiophene rings is 1. The Labute approximate surface area is 98.7 Å². The van der Waals surface area contributed by atoms with Crippen LogP contribution >= 0.6 is 39.0 Å².